The van der Waals surface area contributed by atoms with Crippen molar-refractivity contribution in [3.63, 3.8) is 0 Å². The van der Waals surface area contributed by atoms with Crippen molar-refractivity contribution in [2.75, 3.05) is 54.1 Å². The van der Waals surface area contributed by atoms with Crippen LogP contribution in [0.3, 0.4) is 0 Å². The molecule has 0 radical (unpaired) electrons. The number of benzene rings is 1. The average molecular weight is 334 g/mol. The van der Waals surface area contributed by atoms with Crippen LogP contribution in [0.15, 0.2) is 18.2 Å². The summed E-state index contributed by atoms with van der Waals surface area (Å²) in [5, 5.41) is 3.44. The van der Waals surface area contributed by atoms with Crippen LogP contribution in [0.2, 0.25) is 0 Å². The number of methoxy groups -OCH3 is 3. The van der Waals surface area contributed by atoms with E-state index in [1.54, 1.807) is 21.3 Å². The second kappa shape index (κ2) is 10.2. The zero-order valence-corrected chi connectivity index (χ0v) is 15.1. The van der Waals surface area contributed by atoms with Crippen molar-refractivity contribution in [3.8, 4) is 17.2 Å². The zero-order chi connectivity index (χ0) is 17.2. The molecule has 1 saturated heterocycles. The quantitative estimate of drug-likeness (QED) is 0.741. The van der Waals surface area contributed by atoms with Crippen LogP contribution in [0.1, 0.15) is 24.8 Å². The van der Waals surface area contributed by atoms with Crippen LogP contribution >= 0.6 is 0 Å². The van der Waals surface area contributed by atoms with E-state index in [0.29, 0.717) is 17.2 Å². The summed E-state index contributed by atoms with van der Waals surface area (Å²) < 4.78 is 16.1. The fourth-order valence-corrected chi connectivity index (χ4v) is 2.97. The first-order valence-corrected chi connectivity index (χ1v) is 8.68. The van der Waals surface area contributed by atoms with Crippen LogP contribution in [0.25, 0.3) is 6.08 Å². The highest BCUT2D eigenvalue weighted by atomic mass is 16.5. The number of hydrogen-bond donors (Lipinski definition) is 1. The van der Waals surface area contributed by atoms with Gasteiger partial charge in [0.2, 0.25) is 5.75 Å². The van der Waals surface area contributed by atoms with Crippen molar-refractivity contribution >= 4 is 6.08 Å². The first kappa shape index (κ1) is 18.6. The standard InChI is InChI=1S/C19H30N2O3/c1-22-17-14-16(15-18(23-2)19(17)24-3)8-5-4-6-11-21-12-7-9-20-10-13-21/h5,8,14-15,20H,4,6-7,9-13H2,1-3H3/b8-5+. The Morgan fingerprint density at radius 1 is 1.04 bits per heavy atom. The Morgan fingerprint density at radius 2 is 1.79 bits per heavy atom. The molecule has 5 nitrogen and oxygen atoms in total. The van der Waals surface area contributed by atoms with Gasteiger partial charge in [-0.15, -0.1) is 0 Å². The Balaban J connectivity index is 1.87. The molecule has 1 aromatic carbocycles. The molecule has 0 unspecified atom stereocenters. The van der Waals surface area contributed by atoms with Crippen LogP contribution in [0.5, 0.6) is 17.2 Å². The van der Waals surface area contributed by atoms with E-state index in [2.05, 4.69) is 22.4 Å². The number of ether oxygens (including phenoxy) is 3. The summed E-state index contributed by atoms with van der Waals surface area (Å²) in [5.41, 5.74) is 1.06. The van der Waals surface area contributed by atoms with Crippen molar-refractivity contribution in [1.82, 2.24) is 10.2 Å². The van der Waals surface area contributed by atoms with Crippen LogP contribution in [-0.4, -0.2) is 59.0 Å². The van der Waals surface area contributed by atoms with Crippen molar-refractivity contribution in [3.05, 3.63) is 23.8 Å². The Kier molecular flexibility index (Phi) is 7.92. The van der Waals surface area contributed by atoms with Gasteiger partial charge in [0, 0.05) is 13.1 Å². The molecule has 1 fully saturated rings. The van der Waals surface area contributed by atoms with Crippen molar-refractivity contribution in [1.29, 1.82) is 0 Å². The van der Waals surface area contributed by atoms with E-state index in [9.17, 15) is 0 Å². The Bertz CT molecular complexity index is 498. The van der Waals surface area contributed by atoms with E-state index in [1.165, 1.54) is 25.9 Å². The topological polar surface area (TPSA) is 43.0 Å². The van der Waals surface area contributed by atoms with Crippen LogP contribution in [0.4, 0.5) is 0 Å². The van der Waals surface area contributed by atoms with Gasteiger partial charge in [-0.1, -0.05) is 12.2 Å². The van der Waals surface area contributed by atoms with Crippen LogP contribution in [0, 0.1) is 0 Å². The summed E-state index contributed by atoms with van der Waals surface area (Å²) in [4.78, 5) is 2.55. The zero-order valence-electron chi connectivity index (χ0n) is 15.1. The molecule has 2 rings (SSSR count). The molecular weight excluding hydrogens is 304 g/mol. The summed E-state index contributed by atoms with van der Waals surface area (Å²) in [6.07, 6.45) is 7.84. The Morgan fingerprint density at radius 3 is 2.46 bits per heavy atom. The maximum absolute atomic E-state index is 5.39. The molecule has 1 aliphatic rings. The predicted molar refractivity (Wildman–Crippen MR) is 98.3 cm³/mol. The predicted octanol–water partition coefficient (Wildman–Crippen LogP) is 2.80. The van der Waals surface area contributed by atoms with E-state index in [4.69, 9.17) is 14.2 Å². The number of rotatable bonds is 8. The summed E-state index contributed by atoms with van der Waals surface area (Å²) in [6.45, 7) is 5.81. The van der Waals surface area contributed by atoms with Crippen molar-refractivity contribution < 1.29 is 14.2 Å². The summed E-state index contributed by atoms with van der Waals surface area (Å²) >= 11 is 0. The lowest BCUT2D eigenvalue weighted by Crippen LogP contribution is -2.28. The first-order valence-electron chi connectivity index (χ1n) is 8.68. The van der Waals surface area contributed by atoms with Gasteiger partial charge in [0.1, 0.15) is 0 Å². The maximum Gasteiger partial charge on any atom is 0.203 e. The molecule has 1 N–H and O–H groups in total. The molecule has 134 valence electrons. The molecule has 0 aliphatic carbocycles. The van der Waals surface area contributed by atoms with Gasteiger partial charge in [0.25, 0.3) is 0 Å². The number of allylic oxidation sites excluding steroid dienone is 1. The molecule has 1 aliphatic heterocycles. The SMILES string of the molecule is COc1cc(/C=C/CCCN2CCCNCC2)cc(OC)c1OC. The third-order valence-corrected chi connectivity index (χ3v) is 4.28. The largest absolute Gasteiger partial charge is 0.493 e. The van der Waals surface area contributed by atoms with Gasteiger partial charge >= 0.3 is 0 Å². The molecule has 0 bridgehead atoms. The smallest absolute Gasteiger partial charge is 0.203 e. The summed E-state index contributed by atoms with van der Waals surface area (Å²) in [5.74, 6) is 2.01. The maximum atomic E-state index is 5.39. The average Bonchev–Trinajstić information content (AvgIpc) is 2.89. The lowest BCUT2D eigenvalue weighted by Gasteiger charge is -2.18. The Labute approximate surface area is 145 Å². The molecule has 0 aromatic heterocycles. The molecule has 1 aromatic rings. The minimum Gasteiger partial charge on any atom is -0.493 e. The van der Waals surface area contributed by atoms with Gasteiger partial charge in [-0.3, -0.25) is 0 Å². The molecule has 24 heavy (non-hydrogen) atoms. The third-order valence-electron chi connectivity index (χ3n) is 4.28. The van der Waals surface area contributed by atoms with Crippen molar-refractivity contribution in [2.24, 2.45) is 0 Å². The number of unbranched alkanes of at least 4 members (excludes halogenated alkanes) is 1. The van der Waals surface area contributed by atoms with E-state index >= 15 is 0 Å². The van der Waals surface area contributed by atoms with Crippen LogP contribution < -0.4 is 19.5 Å². The van der Waals surface area contributed by atoms with Gasteiger partial charge in [-0.05, 0) is 56.6 Å². The number of nitrogens with zero attached hydrogens (tertiary/aromatic N) is 1. The van der Waals surface area contributed by atoms with Gasteiger partial charge in [-0.25, -0.2) is 0 Å². The molecule has 0 amide bonds. The highest BCUT2D eigenvalue weighted by Crippen LogP contribution is 2.38. The second-order valence-electron chi connectivity index (χ2n) is 5.95. The molecule has 0 spiro atoms. The molecular formula is C19H30N2O3. The monoisotopic (exact) mass is 334 g/mol. The summed E-state index contributed by atoms with van der Waals surface area (Å²) in [7, 11) is 4.90. The molecule has 1 heterocycles. The lowest BCUT2D eigenvalue weighted by atomic mass is 10.1. The van der Waals surface area contributed by atoms with Gasteiger partial charge in [0.15, 0.2) is 11.5 Å². The van der Waals surface area contributed by atoms with Crippen molar-refractivity contribution in [2.45, 2.75) is 19.3 Å². The van der Waals surface area contributed by atoms with E-state index in [-0.39, 0.29) is 0 Å². The number of nitrogens with one attached hydrogen (secondary N) is 1. The highest BCUT2D eigenvalue weighted by molar-refractivity contribution is 5.62. The molecule has 5 heteroatoms. The fourth-order valence-electron chi connectivity index (χ4n) is 2.97. The van der Waals surface area contributed by atoms with Gasteiger partial charge in [-0.2, -0.15) is 0 Å². The number of hydrogen-bond acceptors (Lipinski definition) is 5. The lowest BCUT2D eigenvalue weighted by molar-refractivity contribution is 0.289. The van der Waals surface area contributed by atoms with Gasteiger partial charge < -0.3 is 24.4 Å². The molecule has 0 atom stereocenters. The fraction of sp³-hybridized carbons (Fsp3) is 0.579. The van der Waals surface area contributed by atoms with Crippen LogP contribution in [-0.2, 0) is 0 Å². The third kappa shape index (κ3) is 5.42. The van der Waals surface area contributed by atoms with E-state index < -0.39 is 0 Å². The minimum absolute atomic E-state index is 0.631. The second-order valence-corrected chi connectivity index (χ2v) is 5.95. The van der Waals surface area contributed by atoms with Gasteiger partial charge in [0.05, 0.1) is 21.3 Å². The first-order chi connectivity index (χ1) is 11.8. The summed E-state index contributed by atoms with van der Waals surface area (Å²) in [6, 6.07) is 3.94. The normalized spacial score (nSPS) is 16.1. The molecule has 0 saturated carbocycles. The Hall–Kier alpha value is -1.72. The van der Waals surface area contributed by atoms with E-state index in [1.807, 2.05) is 12.1 Å². The highest BCUT2D eigenvalue weighted by Gasteiger charge is 2.12. The minimum atomic E-state index is 0.631. The van der Waals surface area contributed by atoms with E-state index in [0.717, 1.165) is 31.6 Å².